The molecule has 0 spiro atoms. The van der Waals surface area contributed by atoms with E-state index in [0.717, 1.165) is 89.9 Å². The van der Waals surface area contributed by atoms with E-state index in [1.54, 1.807) is 45.0 Å². The van der Waals surface area contributed by atoms with Gasteiger partial charge in [0.2, 0.25) is 41.4 Å². The summed E-state index contributed by atoms with van der Waals surface area (Å²) in [6.07, 6.45) is 23.5. The maximum absolute atomic E-state index is 13.9. The second-order valence-corrected chi connectivity index (χ2v) is 37.5. The van der Waals surface area contributed by atoms with E-state index in [9.17, 15) is 91.7 Å². The van der Waals surface area contributed by atoms with Gasteiger partial charge >= 0.3 is 23.9 Å². The molecule has 0 unspecified atom stereocenters. The van der Waals surface area contributed by atoms with Crippen LogP contribution in [0.2, 0.25) is 0 Å². The smallest absolute Gasteiger partial charge is 0.335 e. The lowest BCUT2D eigenvalue weighted by Crippen LogP contribution is -2.41. The molecule has 40 nitrogen and oxygen atoms in total. The van der Waals surface area contributed by atoms with E-state index in [0.29, 0.717) is 167 Å². The first-order chi connectivity index (χ1) is 69.6. The predicted molar refractivity (Wildman–Crippen MR) is 541 cm³/mol. The molecule has 0 aliphatic carbocycles. The zero-order chi connectivity index (χ0) is 107. The molecule has 0 saturated heterocycles. The monoisotopic (exact) mass is 2050 g/mol. The highest BCUT2D eigenvalue weighted by Crippen LogP contribution is 2.28. The van der Waals surface area contributed by atoms with Gasteiger partial charge < -0.3 is 116 Å². The van der Waals surface area contributed by atoms with Gasteiger partial charge in [-0.3, -0.25) is 62.3 Å². The molecule has 2 rings (SSSR count). The highest BCUT2D eigenvalue weighted by molar-refractivity contribution is 5.93. The lowest BCUT2D eigenvalue weighted by molar-refractivity contribution is -0.142. The molecule has 822 valence electrons. The lowest BCUT2D eigenvalue weighted by Gasteiger charge is -2.23. The number of amides is 7. The number of hydrogen-bond acceptors (Lipinski definition) is 29. The number of carboxylic acid groups (broad SMARTS) is 4. The zero-order valence-corrected chi connectivity index (χ0v) is 86.5. The SMILES string of the molecule is CC(=O)[C@H](CCCCNC(=O)[C@@H](N)CCCCNC(=O)COCCOCCCC(=O)COCCOCCNC(=O)CC[C@H](NC(=O)CCCCCCCCCCOc1ccc(C(=O)O)cc1)C(=O)O)CC(=O)[C@H](CCCCNC(=O)[C@@H](N)CCCCCC(=O)COCCOCCNC(=O)COCCOCCCC(=O)CC[C@H](NC(=O)CCCCCCCCCCOc1ccc(C(=O)O)cc1)C(=O)O)CC(=O)C(C)(C)C. The molecule has 0 fully saturated rings. The molecule has 0 aliphatic heterocycles. The lowest BCUT2D eigenvalue weighted by atomic mass is 9.79. The first-order valence-corrected chi connectivity index (χ1v) is 52.2. The summed E-state index contributed by atoms with van der Waals surface area (Å²) in [5.41, 5.74) is 12.1. The number of carboxylic acids is 4. The van der Waals surface area contributed by atoms with E-state index in [4.69, 9.17) is 69.0 Å². The van der Waals surface area contributed by atoms with Crippen LogP contribution in [-0.4, -0.2) is 296 Å². The number of ether oxygens (including phenoxy) is 10. The molecule has 0 aliphatic rings. The molecule has 2 aromatic rings. The molecule has 145 heavy (non-hydrogen) atoms. The van der Waals surface area contributed by atoms with Crippen LogP contribution in [0, 0.1) is 17.3 Å². The molecule has 6 atom stereocenters. The van der Waals surface area contributed by atoms with Crippen molar-refractivity contribution in [2.45, 2.75) is 322 Å². The standard InChI is InChI=1S/C105H171N9O31/c1-78(115)81(32-22-25-54-111-100(127)89(107)38-24-27-53-108-97(124)76-142-70-65-137-59-31-36-85(118)75-141-69-66-138-62-56-109-94(121)52-51-91(104(134)135)114-96(123)40-21-14-10-6-8-12-16-29-61-145-87-48-43-80(44-49-87)102(130)131)72-92(119)82(73-93(120)105(2,3)4)33-23-26-55-112-99(126)88(106)37-19-17-18-34-84(117)74-140-68-67-139-63-57-110-98(125)77-143-71-64-136-58-30-35-83(116)45-50-90(103(132)133)113-95(122)39-20-13-9-5-7-11-15-28-60-144-86-46-41-79(42-47-86)101(128)129/h41-44,46-49,81-82,88-91H,5-40,45,50-77,106-107H2,1-4H3,(H,108,124)(H,109,121)(H,110,125)(H,111,127)(H,112,126)(H,113,122)(H,114,123)(H,128,129)(H,130,131)(H,132,133)(H,134,135)/t81-,82-,88+,89+,90+,91+/m1/s1. The van der Waals surface area contributed by atoms with Gasteiger partial charge in [-0.15, -0.1) is 0 Å². The van der Waals surface area contributed by atoms with Crippen molar-refractivity contribution in [2.75, 3.05) is 152 Å². The third kappa shape index (κ3) is 73.5. The van der Waals surface area contributed by atoms with Crippen LogP contribution in [0.4, 0.5) is 0 Å². The number of hydrogen-bond donors (Lipinski definition) is 13. The average Bonchev–Trinajstić information content (AvgIpc) is 0.879. The van der Waals surface area contributed by atoms with Crippen molar-refractivity contribution in [3.8, 4) is 11.5 Å². The number of rotatable bonds is 99. The minimum Gasteiger partial charge on any atom is -0.494 e. The van der Waals surface area contributed by atoms with Crippen molar-refractivity contribution in [2.24, 2.45) is 28.7 Å². The number of carbonyl (C=O) groups is 17. The van der Waals surface area contributed by atoms with Crippen molar-refractivity contribution in [1.29, 1.82) is 0 Å². The van der Waals surface area contributed by atoms with Crippen LogP contribution in [0.1, 0.15) is 318 Å². The minimum atomic E-state index is -1.22. The number of aromatic carboxylic acids is 2. The Labute approximate surface area is 855 Å². The Hall–Kier alpha value is -10.2. The van der Waals surface area contributed by atoms with Gasteiger partial charge in [0.1, 0.15) is 73.1 Å². The van der Waals surface area contributed by atoms with Crippen LogP contribution in [0.5, 0.6) is 11.5 Å². The number of benzene rings is 2. The molecule has 0 saturated carbocycles. The first-order valence-electron chi connectivity index (χ1n) is 52.2. The highest BCUT2D eigenvalue weighted by atomic mass is 16.5. The van der Waals surface area contributed by atoms with Gasteiger partial charge in [0.05, 0.1) is 102 Å². The van der Waals surface area contributed by atoms with Crippen molar-refractivity contribution >= 4 is 99.9 Å². The summed E-state index contributed by atoms with van der Waals surface area (Å²) in [4.78, 5) is 210. The largest absolute Gasteiger partial charge is 0.494 e. The average molecular weight is 2060 g/mol. The van der Waals surface area contributed by atoms with E-state index in [2.05, 4.69) is 37.2 Å². The Balaban J connectivity index is 1.42. The summed E-state index contributed by atoms with van der Waals surface area (Å²) in [6.45, 7) is 11.1. The van der Waals surface area contributed by atoms with Gasteiger partial charge in [-0.25, -0.2) is 19.2 Å². The molecule has 7 amide bonds. The van der Waals surface area contributed by atoms with Crippen LogP contribution < -0.4 is 58.2 Å². The van der Waals surface area contributed by atoms with E-state index in [1.165, 1.54) is 31.2 Å². The van der Waals surface area contributed by atoms with Crippen LogP contribution in [-0.2, 0) is 110 Å². The predicted octanol–water partition coefficient (Wildman–Crippen LogP) is 10.1. The van der Waals surface area contributed by atoms with Crippen LogP contribution in [0.25, 0.3) is 0 Å². The Morgan fingerprint density at radius 3 is 1.06 bits per heavy atom. The number of aliphatic carboxylic acids is 2. The molecule has 0 heterocycles. The van der Waals surface area contributed by atoms with Crippen molar-refractivity contribution in [1.82, 2.24) is 37.2 Å². The fraction of sp³-hybridized carbons (Fsp3) is 0.724. The van der Waals surface area contributed by atoms with Crippen LogP contribution >= 0.6 is 0 Å². The van der Waals surface area contributed by atoms with E-state index >= 15 is 0 Å². The highest BCUT2D eigenvalue weighted by Gasteiger charge is 2.32. The van der Waals surface area contributed by atoms with Gasteiger partial charge in [-0.2, -0.15) is 0 Å². The maximum Gasteiger partial charge on any atom is 0.335 e. The van der Waals surface area contributed by atoms with Crippen molar-refractivity contribution in [3.63, 3.8) is 0 Å². The molecule has 0 radical (unpaired) electrons. The fourth-order valence-corrected chi connectivity index (χ4v) is 14.9. The molecule has 0 bridgehead atoms. The number of unbranched alkanes of at least 4 members (excludes halogenated alkanes) is 19. The fourth-order valence-electron chi connectivity index (χ4n) is 14.9. The van der Waals surface area contributed by atoms with Gasteiger partial charge in [0.15, 0.2) is 11.6 Å². The Morgan fingerprint density at radius 2 is 0.634 bits per heavy atom. The van der Waals surface area contributed by atoms with Crippen LogP contribution in [0.3, 0.4) is 0 Å². The van der Waals surface area contributed by atoms with Crippen LogP contribution in [0.15, 0.2) is 48.5 Å². The second-order valence-electron chi connectivity index (χ2n) is 37.5. The Bertz CT molecular complexity index is 4020. The maximum atomic E-state index is 13.9. The third-order valence-corrected chi connectivity index (χ3v) is 23.8. The summed E-state index contributed by atoms with van der Waals surface area (Å²) in [5.74, 6) is -7.43. The third-order valence-electron chi connectivity index (χ3n) is 23.8. The topological polar surface area (TPSA) is 600 Å². The minimum absolute atomic E-state index is 0.000902. The summed E-state index contributed by atoms with van der Waals surface area (Å²) in [5, 5.41) is 56.1. The van der Waals surface area contributed by atoms with Crippen molar-refractivity contribution in [3.05, 3.63) is 59.7 Å². The molecule has 40 heteroatoms. The number of nitrogens with two attached hydrogens (primary N) is 2. The number of carbonyl (C=O) groups excluding carboxylic acids is 13. The molecular formula is C105H171N9O31. The first kappa shape index (κ1) is 131. The Kier molecular flexibility index (Phi) is 76.6. The number of Topliss-reactive ketones (excluding diaryl/α,β-unsaturated/α-hetero) is 6. The normalized spacial score (nSPS) is 12.6. The van der Waals surface area contributed by atoms with Crippen molar-refractivity contribution < 1.29 is 149 Å². The summed E-state index contributed by atoms with van der Waals surface area (Å²) in [7, 11) is 0. The van der Waals surface area contributed by atoms with Gasteiger partial charge in [0, 0.05) is 121 Å². The molecule has 0 aromatic heterocycles. The summed E-state index contributed by atoms with van der Waals surface area (Å²) < 4.78 is 54.9. The summed E-state index contributed by atoms with van der Waals surface area (Å²) in [6, 6.07) is 8.74. The second kappa shape index (κ2) is 84.8. The molecule has 15 N–H and O–H groups in total. The zero-order valence-electron chi connectivity index (χ0n) is 86.5. The molecular weight excluding hydrogens is 1880 g/mol. The van der Waals surface area contributed by atoms with Gasteiger partial charge in [0.25, 0.3) is 0 Å². The van der Waals surface area contributed by atoms with E-state index in [1.807, 2.05) is 0 Å². The van der Waals surface area contributed by atoms with E-state index < -0.39 is 65.3 Å². The quantitative estimate of drug-likeness (QED) is 0.0274. The summed E-state index contributed by atoms with van der Waals surface area (Å²) >= 11 is 0. The van der Waals surface area contributed by atoms with Gasteiger partial charge in [-0.1, -0.05) is 124 Å². The number of ketones is 6. The molecule has 2 aromatic carbocycles. The number of nitrogens with one attached hydrogen (secondary N) is 7. The van der Waals surface area contributed by atoms with E-state index in [-0.39, 0.29) is 264 Å². The Morgan fingerprint density at radius 1 is 0.297 bits per heavy atom. The van der Waals surface area contributed by atoms with Gasteiger partial charge in [-0.05, 0) is 165 Å².